The molecule has 1 aliphatic heterocycles. The molecule has 0 aromatic heterocycles. The zero-order chi connectivity index (χ0) is 22.5. The molecule has 7 heteroatoms. The number of thiocarbonyl (C=S) groups is 1. The lowest BCUT2D eigenvalue weighted by Gasteiger charge is -2.14. The third kappa shape index (κ3) is 5.18. The number of hydrogen-bond acceptors (Lipinski definition) is 5. The number of hydrogen-bond donors (Lipinski definition) is 0. The van der Waals surface area contributed by atoms with Gasteiger partial charge in [-0.15, -0.1) is 0 Å². The Morgan fingerprint density at radius 2 is 1.75 bits per heavy atom. The number of carbonyl (C=O) groups excluding carboxylic acids is 1. The van der Waals surface area contributed by atoms with E-state index in [4.69, 9.17) is 21.7 Å². The largest absolute Gasteiger partial charge is 0.493 e. The first-order valence-electron chi connectivity index (χ1n) is 9.88. The number of ether oxygens (including phenoxy) is 2. The van der Waals surface area contributed by atoms with Crippen molar-refractivity contribution in [2.45, 2.75) is 13.2 Å². The molecule has 0 spiro atoms. The Morgan fingerprint density at radius 1 is 1.00 bits per heavy atom. The molecule has 0 bridgehead atoms. The maximum absolute atomic E-state index is 13.1. The smallest absolute Gasteiger partial charge is 0.266 e. The maximum atomic E-state index is 13.1. The van der Waals surface area contributed by atoms with Crippen molar-refractivity contribution in [2.24, 2.45) is 0 Å². The third-order valence-corrected chi connectivity index (χ3v) is 6.23. The summed E-state index contributed by atoms with van der Waals surface area (Å²) in [6.07, 6.45) is 1.80. The Balaban J connectivity index is 1.48. The molecule has 3 aromatic rings. The van der Waals surface area contributed by atoms with Gasteiger partial charge in [-0.25, -0.2) is 4.39 Å². The highest BCUT2D eigenvalue weighted by molar-refractivity contribution is 8.26. The molecule has 0 unspecified atom stereocenters. The number of carbonyl (C=O) groups is 1. The van der Waals surface area contributed by atoms with Crippen molar-refractivity contribution in [3.8, 4) is 11.5 Å². The number of amides is 1. The van der Waals surface area contributed by atoms with Gasteiger partial charge in [-0.2, -0.15) is 0 Å². The number of thioether (sulfide) groups is 1. The summed E-state index contributed by atoms with van der Waals surface area (Å²) in [6, 6.07) is 21.4. The molecule has 3 aromatic carbocycles. The van der Waals surface area contributed by atoms with Gasteiger partial charge in [0.2, 0.25) is 0 Å². The van der Waals surface area contributed by atoms with Crippen molar-refractivity contribution >= 4 is 40.3 Å². The molecule has 0 atom stereocenters. The minimum Gasteiger partial charge on any atom is -0.493 e. The van der Waals surface area contributed by atoms with E-state index in [-0.39, 0.29) is 18.3 Å². The molecule has 0 saturated carbocycles. The summed E-state index contributed by atoms with van der Waals surface area (Å²) in [6.45, 7) is 0.733. The average molecular weight is 466 g/mol. The molecular formula is C25H20FNO3S2. The van der Waals surface area contributed by atoms with Crippen molar-refractivity contribution < 1.29 is 18.7 Å². The molecule has 1 heterocycles. The molecule has 1 fully saturated rings. The normalized spacial score (nSPS) is 14.8. The van der Waals surface area contributed by atoms with Crippen molar-refractivity contribution in [1.82, 2.24) is 4.90 Å². The number of halogens is 1. The lowest BCUT2D eigenvalue weighted by atomic mass is 10.1. The van der Waals surface area contributed by atoms with Gasteiger partial charge in [-0.3, -0.25) is 9.69 Å². The summed E-state index contributed by atoms with van der Waals surface area (Å²) < 4.78 is 24.9. The molecule has 32 heavy (non-hydrogen) atoms. The molecule has 0 N–H and O–H groups in total. The predicted molar refractivity (Wildman–Crippen MR) is 129 cm³/mol. The van der Waals surface area contributed by atoms with E-state index in [1.807, 2.05) is 42.5 Å². The summed E-state index contributed by atoms with van der Waals surface area (Å²) >= 11 is 6.72. The van der Waals surface area contributed by atoms with Crippen LogP contribution in [-0.4, -0.2) is 22.2 Å². The molecule has 4 rings (SSSR count). The van der Waals surface area contributed by atoms with Crippen LogP contribution in [0.25, 0.3) is 6.08 Å². The molecule has 162 valence electrons. The summed E-state index contributed by atoms with van der Waals surface area (Å²) in [5, 5.41) is 0. The molecule has 1 amide bonds. The van der Waals surface area contributed by atoms with Gasteiger partial charge < -0.3 is 9.47 Å². The van der Waals surface area contributed by atoms with E-state index in [9.17, 15) is 9.18 Å². The standard InChI is InChI=1S/C25H20FNO3S2/c1-29-22-13-19(9-12-21(22)30-16-18-7-10-20(26)11-8-18)14-23-24(28)27(25(31)32-23)15-17-5-3-2-4-6-17/h2-14H,15-16H2,1H3/b23-14-. The third-order valence-electron chi connectivity index (χ3n) is 4.85. The fraction of sp³-hybridized carbons (Fsp3) is 0.120. The first-order chi connectivity index (χ1) is 15.5. The first-order valence-corrected chi connectivity index (χ1v) is 11.1. The van der Waals surface area contributed by atoms with Crippen LogP contribution in [0.2, 0.25) is 0 Å². The predicted octanol–water partition coefficient (Wildman–Crippen LogP) is 5.81. The van der Waals surface area contributed by atoms with Crippen molar-refractivity contribution in [3.05, 3.63) is 100 Å². The SMILES string of the molecule is COc1cc(/C=C2\SC(=S)N(Cc3ccccc3)C2=O)ccc1OCc1ccc(F)cc1. The van der Waals surface area contributed by atoms with Crippen molar-refractivity contribution in [2.75, 3.05) is 7.11 Å². The van der Waals surface area contributed by atoms with Gasteiger partial charge in [0.1, 0.15) is 16.7 Å². The molecule has 1 saturated heterocycles. The number of nitrogens with zero attached hydrogens (tertiary/aromatic N) is 1. The van der Waals surface area contributed by atoms with Gasteiger partial charge in [0.05, 0.1) is 18.6 Å². The minimum atomic E-state index is -0.287. The van der Waals surface area contributed by atoms with Crippen LogP contribution in [0, 0.1) is 5.82 Å². The van der Waals surface area contributed by atoms with E-state index in [2.05, 4.69) is 0 Å². The van der Waals surface area contributed by atoms with Crippen LogP contribution < -0.4 is 9.47 Å². The van der Waals surface area contributed by atoms with Crippen LogP contribution in [0.15, 0.2) is 77.7 Å². The lowest BCUT2D eigenvalue weighted by molar-refractivity contribution is -0.122. The van der Waals surface area contributed by atoms with Crippen LogP contribution in [0.4, 0.5) is 4.39 Å². The fourth-order valence-corrected chi connectivity index (χ4v) is 4.44. The average Bonchev–Trinajstić information content (AvgIpc) is 3.07. The highest BCUT2D eigenvalue weighted by atomic mass is 32.2. The van der Waals surface area contributed by atoms with Crippen LogP contribution >= 0.6 is 24.0 Å². The van der Waals surface area contributed by atoms with E-state index < -0.39 is 0 Å². The topological polar surface area (TPSA) is 38.8 Å². The number of rotatable bonds is 7. The van der Waals surface area contributed by atoms with Crippen LogP contribution in [0.3, 0.4) is 0 Å². The van der Waals surface area contributed by atoms with Gasteiger partial charge in [0.25, 0.3) is 5.91 Å². The summed E-state index contributed by atoms with van der Waals surface area (Å²) in [5.74, 6) is 0.704. The Morgan fingerprint density at radius 3 is 2.47 bits per heavy atom. The van der Waals surface area contributed by atoms with Crippen LogP contribution in [0.5, 0.6) is 11.5 Å². The summed E-state index contributed by atoms with van der Waals surface area (Å²) in [4.78, 5) is 15.1. The summed E-state index contributed by atoms with van der Waals surface area (Å²) in [5.41, 5.74) is 2.67. The zero-order valence-electron chi connectivity index (χ0n) is 17.3. The van der Waals surface area contributed by atoms with Crippen molar-refractivity contribution in [1.29, 1.82) is 0 Å². The van der Waals surface area contributed by atoms with E-state index >= 15 is 0 Å². The Kier molecular flexibility index (Phi) is 6.87. The van der Waals surface area contributed by atoms with Gasteiger partial charge in [0.15, 0.2) is 11.5 Å². The Hall–Kier alpha value is -3.16. The Bertz CT molecular complexity index is 1160. The lowest BCUT2D eigenvalue weighted by Crippen LogP contribution is -2.27. The van der Waals surface area contributed by atoms with Gasteiger partial charge in [0, 0.05) is 0 Å². The van der Waals surface area contributed by atoms with E-state index in [1.54, 1.807) is 36.3 Å². The number of methoxy groups -OCH3 is 1. The second-order valence-electron chi connectivity index (χ2n) is 7.08. The second kappa shape index (κ2) is 9.97. The molecule has 4 nitrogen and oxygen atoms in total. The van der Waals surface area contributed by atoms with Crippen LogP contribution in [-0.2, 0) is 17.9 Å². The second-order valence-corrected chi connectivity index (χ2v) is 8.75. The molecule has 0 aliphatic carbocycles. The van der Waals surface area contributed by atoms with Gasteiger partial charge in [-0.05, 0) is 47.0 Å². The van der Waals surface area contributed by atoms with E-state index in [0.717, 1.165) is 16.7 Å². The van der Waals surface area contributed by atoms with E-state index in [1.165, 1.54) is 23.9 Å². The minimum absolute atomic E-state index is 0.112. The molecule has 0 radical (unpaired) electrons. The van der Waals surface area contributed by atoms with Crippen LogP contribution in [0.1, 0.15) is 16.7 Å². The quantitative estimate of drug-likeness (QED) is 0.325. The molecule has 1 aliphatic rings. The van der Waals surface area contributed by atoms with E-state index in [0.29, 0.717) is 27.3 Å². The van der Waals surface area contributed by atoms with Gasteiger partial charge in [-0.1, -0.05) is 72.5 Å². The maximum Gasteiger partial charge on any atom is 0.266 e. The van der Waals surface area contributed by atoms with Gasteiger partial charge >= 0.3 is 0 Å². The highest BCUT2D eigenvalue weighted by Crippen LogP contribution is 2.35. The highest BCUT2D eigenvalue weighted by Gasteiger charge is 2.32. The Labute approximate surface area is 195 Å². The summed E-state index contributed by atoms with van der Waals surface area (Å²) in [7, 11) is 1.56. The fourth-order valence-electron chi connectivity index (χ4n) is 3.19. The molecular weight excluding hydrogens is 445 g/mol. The first kappa shape index (κ1) is 22.0. The zero-order valence-corrected chi connectivity index (χ0v) is 18.9. The number of benzene rings is 3. The monoisotopic (exact) mass is 465 g/mol. The van der Waals surface area contributed by atoms with Crippen molar-refractivity contribution in [3.63, 3.8) is 0 Å².